The van der Waals surface area contributed by atoms with Crippen molar-refractivity contribution in [3.63, 3.8) is 0 Å². The number of nitrogens with zero attached hydrogens (tertiary/aromatic N) is 2. The molecule has 2 aromatic carbocycles. The molecule has 31 heavy (non-hydrogen) atoms. The number of fused-ring (bicyclic) bond motifs is 2. The van der Waals surface area contributed by atoms with Gasteiger partial charge in [-0.2, -0.15) is 0 Å². The lowest BCUT2D eigenvalue weighted by Gasteiger charge is -2.29. The van der Waals surface area contributed by atoms with Crippen molar-refractivity contribution in [3.8, 4) is 0 Å². The Bertz CT molecular complexity index is 1280. The monoisotopic (exact) mass is 418 g/mol. The van der Waals surface area contributed by atoms with Crippen molar-refractivity contribution in [2.24, 2.45) is 0 Å². The number of nitrogen functional groups attached to an aromatic ring is 1. The van der Waals surface area contributed by atoms with E-state index in [1.54, 1.807) is 36.4 Å². The van der Waals surface area contributed by atoms with Gasteiger partial charge in [-0.05, 0) is 48.4 Å². The molecule has 1 atom stereocenters. The highest BCUT2D eigenvalue weighted by Gasteiger charge is 2.39. The zero-order chi connectivity index (χ0) is 21.7. The molecule has 1 unspecified atom stereocenters. The van der Waals surface area contributed by atoms with Crippen LogP contribution in [-0.2, 0) is 16.1 Å². The molecule has 156 valence electrons. The Morgan fingerprint density at radius 2 is 2.00 bits per heavy atom. The van der Waals surface area contributed by atoms with Gasteiger partial charge >= 0.3 is 0 Å². The summed E-state index contributed by atoms with van der Waals surface area (Å²) in [5, 5.41) is 5.10. The van der Waals surface area contributed by atoms with Crippen molar-refractivity contribution < 1.29 is 19.2 Å². The molecule has 5 N–H and O–H groups in total. The van der Waals surface area contributed by atoms with E-state index < -0.39 is 11.9 Å². The molecule has 5 rings (SSSR count). The number of hydrogen-bond acceptors (Lipinski definition) is 6. The first kappa shape index (κ1) is 18.8. The number of imide groups is 1. The Morgan fingerprint density at radius 1 is 1.16 bits per heavy atom. The third-order valence-electron chi connectivity index (χ3n) is 5.54. The highest BCUT2D eigenvalue weighted by atomic mass is 16.2. The Labute approximate surface area is 175 Å². The summed E-state index contributed by atoms with van der Waals surface area (Å²) < 4.78 is 0. The highest BCUT2D eigenvalue weighted by Crippen LogP contribution is 2.29. The number of aromatic amines is 1. The second kappa shape index (κ2) is 6.94. The molecule has 1 aromatic heterocycles. The maximum Gasteiger partial charge on any atom is 0.255 e. The number of amides is 4. The summed E-state index contributed by atoms with van der Waals surface area (Å²) in [7, 11) is 0. The SMILES string of the molecule is Nc1nc2cc(C(=O)Nc3ccc4c(c3)CN(C3CCC(=O)NC3=O)C4=O)ccc2[nH]1. The van der Waals surface area contributed by atoms with E-state index in [0.717, 1.165) is 5.52 Å². The molecule has 2 aliphatic heterocycles. The van der Waals surface area contributed by atoms with Gasteiger partial charge in [-0.15, -0.1) is 0 Å². The summed E-state index contributed by atoms with van der Waals surface area (Å²) in [6, 6.07) is 9.36. The number of benzene rings is 2. The van der Waals surface area contributed by atoms with Crippen molar-refractivity contribution in [1.29, 1.82) is 0 Å². The van der Waals surface area contributed by atoms with E-state index in [4.69, 9.17) is 5.73 Å². The summed E-state index contributed by atoms with van der Waals surface area (Å²) >= 11 is 0. The molecule has 1 fully saturated rings. The first-order chi connectivity index (χ1) is 14.9. The third kappa shape index (κ3) is 3.27. The molecule has 3 heterocycles. The average Bonchev–Trinajstić information content (AvgIpc) is 3.26. The maximum atomic E-state index is 12.8. The Hall–Kier alpha value is -4.21. The topological polar surface area (TPSA) is 150 Å². The van der Waals surface area contributed by atoms with Gasteiger partial charge in [-0.3, -0.25) is 24.5 Å². The van der Waals surface area contributed by atoms with Crippen molar-refractivity contribution in [1.82, 2.24) is 20.2 Å². The van der Waals surface area contributed by atoms with Crippen LogP contribution in [0.15, 0.2) is 36.4 Å². The molecule has 0 bridgehead atoms. The maximum absolute atomic E-state index is 12.8. The van der Waals surface area contributed by atoms with Crippen molar-refractivity contribution in [2.45, 2.75) is 25.4 Å². The van der Waals surface area contributed by atoms with Crippen LogP contribution in [0.3, 0.4) is 0 Å². The molecule has 0 radical (unpaired) electrons. The summed E-state index contributed by atoms with van der Waals surface area (Å²) in [6.45, 7) is 0.239. The number of piperidine rings is 1. The second-order valence-electron chi connectivity index (χ2n) is 7.58. The van der Waals surface area contributed by atoms with Crippen molar-refractivity contribution in [3.05, 3.63) is 53.1 Å². The van der Waals surface area contributed by atoms with E-state index in [9.17, 15) is 19.2 Å². The summed E-state index contributed by atoms with van der Waals surface area (Å²) in [4.78, 5) is 57.5. The fourth-order valence-corrected chi connectivity index (χ4v) is 4.02. The van der Waals surface area contributed by atoms with Gasteiger partial charge < -0.3 is 20.9 Å². The number of nitrogens with two attached hydrogens (primary N) is 1. The third-order valence-corrected chi connectivity index (χ3v) is 5.54. The summed E-state index contributed by atoms with van der Waals surface area (Å²) in [5.41, 5.74) is 9.11. The van der Waals surface area contributed by atoms with Gasteiger partial charge in [0.1, 0.15) is 6.04 Å². The number of imidazole rings is 1. The number of hydrogen-bond donors (Lipinski definition) is 4. The number of anilines is 2. The van der Waals surface area contributed by atoms with Gasteiger partial charge in [0.25, 0.3) is 11.8 Å². The number of carbonyl (C=O) groups excluding carboxylic acids is 4. The first-order valence-electron chi connectivity index (χ1n) is 9.73. The molecule has 0 saturated carbocycles. The second-order valence-corrected chi connectivity index (χ2v) is 7.58. The van der Waals surface area contributed by atoms with Crippen LogP contribution >= 0.6 is 0 Å². The molecular formula is C21H18N6O4. The van der Waals surface area contributed by atoms with Gasteiger partial charge in [0, 0.05) is 29.8 Å². The lowest BCUT2D eigenvalue weighted by Crippen LogP contribution is -2.52. The van der Waals surface area contributed by atoms with Crippen LogP contribution in [0.5, 0.6) is 0 Å². The lowest BCUT2D eigenvalue weighted by atomic mass is 10.0. The van der Waals surface area contributed by atoms with Crippen LogP contribution in [0.2, 0.25) is 0 Å². The Balaban J connectivity index is 1.34. The minimum absolute atomic E-state index is 0.198. The molecule has 0 spiro atoms. The van der Waals surface area contributed by atoms with E-state index in [1.807, 2.05) is 0 Å². The number of H-pyrrole nitrogens is 1. The predicted octanol–water partition coefficient (Wildman–Crippen LogP) is 1.16. The van der Waals surface area contributed by atoms with Gasteiger partial charge in [0.05, 0.1) is 11.0 Å². The minimum atomic E-state index is -0.677. The highest BCUT2D eigenvalue weighted by molar-refractivity contribution is 6.08. The minimum Gasteiger partial charge on any atom is -0.369 e. The normalized spacial score (nSPS) is 18.3. The number of nitrogens with one attached hydrogen (secondary N) is 3. The quantitative estimate of drug-likeness (QED) is 0.469. The van der Waals surface area contributed by atoms with Crippen molar-refractivity contribution in [2.75, 3.05) is 11.1 Å². The van der Waals surface area contributed by atoms with Crippen LogP contribution < -0.4 is 16.4 Å². The van der Waals surface area contributed by atoms with E-state index in [2.05, 4.69) is 20.6 Å². The molecule has 1 saturated heterocycles. The van der Waals surface area contributed by atoms with Crippen LogP contribution in [0.1, 0.15) is 39.1 Å². The lowest BCUT2D eigenvalue weighted by molar-refractivity contribution is -0.136. The van der Waals surface area contributed by atoms with Crippen LogP contribution in [0.4, 0.5) is 11.6 Å². The molecule has 0 aliphatic carbocycles. The van der Waals surface area contributed by atoms with Gasteiger partial charge in [0.15, 0.2) is 5.95 Å². The van der Waals surface area contributed by atoms with Gasteiger partial charge in [-0.1, -0.05) is 0 Å². The van der Waals surface area contributed by atoms with Crippen LogP contribution in [0, 0.1) is 0 Å². The summed E-state index contributed by atoms with van der Waals surface area (Å²) in [6.07, 6.45) is 0.498. The first-order valence-corrected chi connectivity index (χ1v) is 9.73. The zero-order valence-corrected chi connectivity index (χ0v) is 16.3. The van der Waals surface area contributed by atoms with E-state index in [1.165, 1.54) is 4.90 Å². The molecule has 4 amide bonds. The zero-order valence-electron chi connectivity index (χ0n) is 16.3. The van der Waals surface area contributed by atoms with E-state index in [0.29, 0.717) is 34.3 Å². The van der Waals surface area contributed by atoms with Crippen molar-refractivity contribution >= 4 is 46.3 Å². The van der Waals surface area contributed by atoms with E-state index >= 15 is 0 Å². The Morgan fingerprint density at radius 3 is 2.81 bits per heavy atom. The van der Waals surface area contributed by atoms with Crippen LogP contribution in [-0.4, -0.2) is 44.5 Å². The molecule has 10 nitrogen and oxygen atoms in total. The fraction of sp³-hybridized carbons (Fsp3) is 0.190. The van der Waals surface area contributed by atoms with Crippen LogP contribution in [0.25, 0.3) is 11.0 Å². The molecule has 10 heteroatoms. The molecular weight excluding hydrogens is 400 g/mol. The Kier molecular flexibility index (Phi) is 4.21. The standard InChI is InChI=1S/C21H18N6O4/c22-21-24-14-4-1-10(8-15(14)25-21)18(29)23-12-2-3-13-11(7-12)9-27(20(13)31)16-5-6-17(28)26-19(16)30/h1-4,7-8,16H,5-6,9H2,(H,23,29)(H3,22,24,25)(H,26,28,30). The predicted molar refractivity (Wildman–Crippen MR) is 111 cm³/mol. The average molecular weight is 418 g/mol. The molecule has 2 aliphatic rings. The number of aromatic nitrogens is 2. The largest absolute Gasteiger partial charge is 0.369 e. The number of carbonyl (C=O) groups is 4. The fourth-order valence-electron chi connectivity index (χ4n) is 4.02. The van der Waals surface area contributed by atoms with Gasteiger partial charge in [0.2, 0.25) is 11.8 Å². The summed E-state index contributed by atoms with van der Waals surface area (Å²) in [5.74, 6) is -1.10. The smallest absolute Gasteiger partial charge is 0.255 e. The van der Waals surface area contributed by atoms with E-state index in [-0.39, 0.29) is 36.6 Å². The van der Waals surface area contributed by atoms with Gasteiger partial charge in [-0.25, -0.2) is 4.98 Å². The molecule has 3 aromatic rings. The number of rotatable bonds is 3.